The fourth-order valence-corrected chi connectivity index (χ4v) is 6.77. The van der Waals surface area contributed by atoms with Crippen molar-refractivity contribution in [3.63, 3.8) is 0 Å². The quantitative estimate of drug-likeness (QED) is 0.261. The van der Waals surface area contributed by atoms with Crippen molar-refractivity contribution in [1.29, 1.82) is 0 Å². The summed E-state index contributed by atoms with van der Waals surface area (Å²) in [5.41, 5.74) is 3.99. The summed E-state index contributed by atoms with van der Waals surface area (Å²) in [6, 6.07) is 21.1. The van der Waals surface area contributed by atoms with Crippen LogP contribution < -0.4 is 5.56 Å². The molecule has 1 aliphatic heterocycles. The molecule has 216 valence electrons. The highest BCUT2D eigenvalue weighted by atomic mass is 32.2. The lowest BCUT2D eigenvalue weighted by atomic mass is 9.92. The van der Waals surface area contributed by atoms with Gasteiger partial charge in [-0.25, -0.2) is 13.4 Å². The van der Waals surface area contributed by atoms with Gasteiger partial charge in [0.15, 0.2) is 0 Å². The monoisotopic (exact) mass is 575 g/mol. The molecule has 5 rings (SSSR count). The Bertz CT molecular complexity index is 1650. The highest BCUT2D eigenvalue weighted by molar-refractivity contribution is 7.89. The van der Waals surface area contributed by atoms with Gasteiger partial charge in [-0.1, -0.05) is 55.5 Å². The molecule has 1 atom stereocenters. The molecule has 0 radical (unpaired) electrons. The first-order chi connectivity index (χ1) is 19.9. The molecule has 1 unspecified atom stereocenters. The van der Waals surface area contributed by atoms with Crippen molar-refractivity contribution in [3.8, 4) is 11.4 Å². The normalized spacial score (nSPS) is 15.3. The number of hydrogen-bond donors (Lipinski definition) is 1. The van der Waals surface area contributed by atoms with Gasteiger partial charge in [0.2, 0.25) is 10.0 Å². The first kappa shape index (κ1) is 29.1. The number of morpholine rings is 1. The van der Waals surface area contributed by atoms with Crippen molar-refractivity contribution >= 4 is 20.9 Å². The van der Waals surface area contributed by atoms with E-state index in [0.29, 0.717) is 55.2 Å². The molecule has 1 aliphatic rings. The van der Waals surface area contributed by atoms with E-state index in [1.54, 1.807) is 24.3 Å². The lowest BCUT2D eigenvalue weighted by Gasteiger charge is -2.26. The largest absolute Gasteiger partial charge is 0.379 e. The summed E-state index contributed by atoms with van der Waals surface area (Å²) >= 11 is 0. The Balaban J connectivity index is 1.52. The molecular formula is C32H37N3O5S. The van der Waals surface area contributed by atoms with Crippen LogP contribution in [0.25, 0.3) is 22.3 Å². The highest BCUT2D eigenvalue weighted by Crippen LogP contribution is 2.31. The van der Waals surface area contributed by atoms with E-state index in [0.717, 1.165) is 30.4 Å². The average molecular weight is 576 g/mol. The van der Waals surface area contributed by atoms with Gasteiger partial charge in [-0.3, -0.25) is 4.79 Å². The predicted molar refractivity (Wildman–Crippen MR) is 161 cm³/mol. The molecule has 3 aromatic carbocycles. The number of aromatic nitrogens is 2. The van der Waals surface area contributed by atoms with E-state index in [9.17, 15) is 13.2 Å². The van der Waals surface area contributed by atoms with E-state index in [-0.39, 0.29) is 23.0 Å². The Morgan fingerprint density at radius 3 is 2.59 bits per heavy atom. The molecule has 2 heterocycles. The van der Waals surface area contributed by atoms with Crippen LogP contribution in [-0.2, 0) is 32.5 Å². The minimum absolute atomic E-state index is 0.153. The predicted octanol–water partition coefficient (Wildman–Crippen LogP) is 5.27. The second kappa shape index (κ2) is 13.1. The number of nitrogens with one attached hydrogen (secondary N) is 1. The Hall–Kier alpha value is -3.37. The number of aryl methyl sites for hydroxylation is 1. The highest BCUT2D eigenvalue weighted by Gasteiger charge is 2.27. The summed E-state index contributed by atoms with van der Waals surface area (Å²) in [6.45, 7) is 6.16. The van der Waals surface area contributed by atoms with Crippen molar-refractivity contribution in [1.82, 2.24) is 14.3 Å². The third-order valence-corrected chi connectivity index (χ3v) is 9.54. The molecule has 9 heteroatoms. The van der Waals surface area contributed by atoms with Crippen LogP contribution in [0.5, 0.6) is 0 Å². The van der Waals surface area contributed by atoms with Gasteiger partial charge < -0.3 is 14.5 Å². The fraction of sp³-hybridized carbons (Fsp3) is 0.375. The van der Waals surface area contributed by atoms with Crippen molar-refractivity contribution in [2.45, 2.75) is 50.5 Å². The number of nitrogens with zero attached hydrogens (tertiary/aromatic N) is 2. The maximum Gasteiger partial charge on any atom is 0.259 e. The smallest absolute Gasteiger partial charge is 0.259 e. The van der Waals surface area contributed by atoms with Gasteiger partial charge in [-0.05, 0) is 67.0 Å². The maximum absolute atomic E-state index is 13.5. The van der Waals surface area contributed by atoms with Gasteiger partial charge in [0.1, 0.15) is 5.82 Å². The van der Waals surface area contributed by atoms with Gasteiger partial charge in [-0.2, -0.15) is 4.31 Å². The van der Waals surface area contributed by atoms with Crippen molar-refractivity contribution in [3.05, 3.63) is 93.8 Å². The lowest BCUT2D eigenvalue weighted by Crippen LogP contribution is -2.40. The topological polar surface area (TPSA) is 102 Å². The molecule has 1 saturated heterocycles. The third kappa shape index (κ3) is 6.59. The third-order valence-electron chi connectivity index (χ3n) is 7.65. The number of para-hydroxylation sites is 1. The molecule has 0 bridgehead atoms. The number of sulfonamides is 1. The van der Waals surface area contributed by atoms with Crippen LogP contribution in [0.1, 0.15) is 49.3 Å². The van der Waals surface area contributed by atoms with Crippen LogP contribution in [0.2, 0.25) is 0 Å². The zero-order valence-corrected chi connectivity index (χ0v) is 24.5. The Kier molecular flexibility index (Phi) is 9.29. The van der Waals surface area contributed by atoms with E-state index >= 15 is 0 Å². The summed E-state index contributed by atoms with van der Waals surface area (Å²) in [5, 5.41) is 0.518. The minimum atomic E-state index is -3.74. The second-order valence-electron chi connectivity index (χ2n) is 10.4. The zero-order chi connectivity index (χ0) is 28.8. The van der Waals surface area contributed by atoms with Gasteiger partial charge in [0.25, 0.3) is 5.56 Å². The first-order valence-electron chi connectivity index (χ1n) is 14.2. The minimum Gasteiger partial charge on any atom is -0.379 e. The molecule has 0 saturated carbocycles. The summed E-state index contributed by atoms with van der Waals surface area (Å²) in [4.78, 5) is 21.4. The molecule has 1 N–H and O–H groups in total. The van der Waals surface area contributed by atoms with E-state index in [4.69, 9.17) is 14.5 Å². The SMILES string of the molecule is CCOCc1ccc(S(=O)(=O)N2CCOCC2)cc1-c1nc2c(C(C)CCCc3ccccc3)cccc2c(=O)[nH]1. The van der Waals surface area contributed by atoms with Crippen molar-refractivity contribution in [2.75, 3.05) is 32.9 Å². The molecule has 1 aromatic heterocycles. The van der Waals surface area contributed by atoms with Crippen LogP contribution in [0, 0.1) is 0 Å². The maximum atomic E-state index is 13.5. The van der Waals surface area contributed by atoms with E-state index < -0.39 is 10.0 Å². The molecule has 1 fully saturated rings. The number of benzene rings is 3. The first-order valence-corrected chi connectivity index (χ1v) is 15.7. The summed E-state index contributed by atoms with van der Waals surface area (Å²) in [7, 11) is -3.74. The van der Waals surface area contributed by atoms with Crippen LogP contribution in [0.3, 0.4) is 0 Å². The molecule has 4 aromatic rings. The Labute approximate surface area is 241 Å². The Morgan fingerprint density at radius 2 is 1.83 bits per heavy atom. The number of ether oxygens (including phenoxy) is 2. The van der Waals surface area contributed by atoms with E-state index in [2.05, 4.69) is 36.2 Å². The van der Waals surface area contributed by atoms with Crippen molar-refractivity contribution < 1.29 is 17.9 Å². The summed E-state index contributed by atoms with van der Waals surface area (Å²) < 4.78 is 39.4. The van der Waals surface area contributed by atoms with Crippen LogP contribution >= 0.6 is 0 Å². The molecule has 0 aliphatic carbocycles. The van der Waals surface area contributed by atoms with Gasteiger partial charge in [0, 0.05) is 25.3 Å². The zero-order valence-electron chi connectivity index (χ0n) is 23.6. The van der Waals surface area contributed by atoms with Crippen molar-refractivity contribution in [2.24, 2.45) is 0 Å². The van der Waals surface area contributed by atoms with Gasteiger partial charge in [0.05, 0.1) is 35.6 Å². The van der Waals surface area contributed by atoms with Gasteiger partial charge >= 0.3 is 0 Å². The molecule has 0 spiro atoms. The summed E-state index contributed by atoms with van der Waals surface area (Å²) in [6.07, 6.45) is 2.94. The van der Waals surface area contributed by atoms with Crippen LogP contribution in [0.4, 0.5) is 0 Å². The molecular weight excluding hydrogens is 538 g/mol. The van der Waals surface area contributed by atoms with Crippen LogP contribution in [-0.4, -0.2) is 55.6 Å². The fourth-order valence-electron chi connectivity index (χ4n) is 5.33. The molecule has 41 heavy (non-hydrogen) atoms. The number of aromatic amines is 1. The average Bonchev–Trinajstić information content (AvgIpc) is 3.00. The van der Waals surface area contributed by atoms with Crippen LogP contribution in [0.15, 0.2) is 76.4 Å². The molecule has 8 nitrogen and oxygen atoms in total. The summed E-state index contributed by atoms with van der Waals surface area (Å²) in [5.74, 6) is 0.514. The Morgan fingerprint density at radius 1 is 1.05 bits per heavy atom. The van der Waals surface area contributed by atoms with E-state index in [1.807, 2.05) is 25.1 Å². The number of hydrogen-bond acceptors (Lipinski definition) is 6. The standard InChI is InChI=1S/C32H37N3O5S/c1-3-39-22-25-15-16-26(41(37,38)35-17-19-40-20-18-35)21-29(25)31-33-30-27(13-8-14-28(30)32(36)34-31)23(2)9-7-12-24-10-5-4-6-11-24/h4-6,8,10-11,13-16,21,23H,3,7,9,12,17-20,22H2,1-2H3,(H,33,34,36). The number of rotatable bonds is 11. The number of H-pyrrole nitrogens is 1. The lowest BCUT2D eigenvalue weighted by molar-refractivity contribution is 0.0730. The molecule has 0 amide bonds. The van der Waals surface area contributed by atoms with Gasteiger partial charge in [-0.15, -0.1) is 0 Å². The second-order valence-corrected chi connectivity index (χ2v) is 12.3. The van der Waals surface area contributed by atoms with E-state index in [1.165, 1.54) is 9.87 Å². The number of fused-ring (bicyclic) bond motifs is 1.